The number of aliphatic hydroxyl groups excluding tert-OH is 1. The third kappa shape index (κ3) is 2.56. The molecule has 0 unspecified atom stereocenters. The van der Waals surface area contributed by atoms with Crippen molar-refractivity contribution in [3.8, 4) is 0 Å². The first-order chi connectivity index (χ1) is 10.8. The molecule has 1 N–H and O–H groups in total. The fourth-order valence-corrected chi connectivity index (χ4v) is 4.83. The van der Waals surface area contributed by atoms with Gasteiger partial charge in [0, 0.05) is 23.5 Å². The third-order valence-electron chi connectivity index (χ3n) is 5.90. The molecule has 1 saturated heterocycles. The molecule has 0 aromatic carbocycles. The Bertz CT molecular complexity index is 537. The Balaban J connectivity index is 1.92. The van der Waals surface area contributed by atoms with Gasteiger partial charge in [-0.3, -0.25) is 0 Å². The van der Waals surface area contributed by atoms with Crippen molar-refractivity contribution in [1.29, 1.82) is 0 Å². The highest BCUT2D eigenvalue weighted by Gasteiger charge is 2.61. The minimum absolute atomic E-state index is 0.0324. The summed E-state index contributed by atoms with van der Waals surface area (Å²) in [6.45, 7) is 15.2. The van der Waals surface area contributed by atoms with Crippen molar-refractivity contribution >= 4 is 5.97 Å². The van der Waals surface area contributed by atoms with Crippen LogP contribution >= 0.6 is 0 Å². The lowest BCUT2D eigenvalue weighted by molar-refractivity contribution is -0.171. The molecule has 1 aliphatic heterocycles. The van der Waals surface area contributed by atoms with Gasteiger partial charge in [-0.25, -0.2) is 4.79 Å². The molecule has 3 fully saturated rings. The molecule has 3 rings (SSSR count). The van der Waals surface area contributed by atoms with Gasteiger partial charge in [0.2, 0.25) is 0 Å². The van der Waals surface area contributed by atoms with E-state index in [1.807, 2.05) is 0 Å². The summed E-state index contributed by atoms with van der Waals surface area (Å²) in [5, 5.41) is 10.7. The molecule has 4 nitrogen and oxygen atoms in total. The number of ether oxygens (including phenoxy) is 2. The van der Waals surface area contributed by atoms with E-state index in [9.17, 15) is 9.90 Å². The van der Waals surface area contributed by atoms with E-state index in [4.69, 9.17) is 9.47 Å². The van der Waals surface area contributed by atoms with Gasteiger partial charge in [-0.15, -0.1) is 0 Å². The highest BCUT2D eigenvalue weighted by atomic mass is 16.6. The average molecular weight is 320 g/mol. The zero-order valence-corrected chi connectivity index (χ0v) is 14.4. The summed E-state index contributed by atoms with van der Waals surface area (Å²) in [6.07, 6.45) is 1.49. The topological polar surface area (TPSA) is 55.8 Å². The van der Waals surface area contributed by atoms with Crippen LogP contribution in [0.3, 0.4) is 0 Å². The smallest absolute Gasteiger partial charge is 0.334 e. The van der Waals surface area contributed by atoms with E-state index in [1.165, 1.54) is 0 Å². The Hall–Kier alpha value is -1.13. The molecule has 2 aliphatic carbocycles. The largest absolute Gasteiger partial charge is 0.458 e. The molecule has 0 bridgehead atoms. The van der Waals surface area contributed by atoms with Crippen molar-refractivity contribution in [3.63, 3.8) is 0 Å². The Morgan fingerprint density at radius 1 is 1.43 bits per heavy atom. The van der Waals surface area contributed by atoms with Gasteiger partial charge in [0.15, 0.2) is 0 Å². The van der Waals surface area contributed by atoms with Crippen LogP contribution in [0, 0.1) is 23.2 Å². The lowest BCUT2D eigenvalue weighted by atomic mass is 9.53. The van der Waals surface area contributed by atoms with E-state index in [-0.39, 0.29) is 35.4 Å². The summed E-state index contributed by atoms with van der Waals surface area (Å²) in [4.78, 5) is 12.0. The van der Waals surface area contributed by atoms with Gasteiger partial charge in [0.05, 0.1) is 18.1 Å². The van der Waals surface area contributed by atoms with Gasteiger partial charge in [0.25, 0.3) is 0 Å². The van der Waals surface area contributed by atoms with Crippen LogP contribution in [0.15, 0.2) is 24.3 Å². The standard InChI is InChI=1S/C19H28O4/c1-10(2)9-22-14-7-6-11(3)16-17-15(12(4)18(21)23-17)13(20)8-19(14,16)5/h10,13-17,20H,3-4,6-9H2,1-2,5H3/t13-,14-,15+,16+,17-,19-/m0/s1. The molecule has 0 aromatic rings. The summed E-state index contributed by atoms with van der Waals surface area (Å²) >= 11 is 0. The second-order valence-electron chi connectivity index (χ2n) is 8.09. The predicted octanol–water partition coefficient (Wildman–Crippen LogP) is 2.86. The summed E-state index contributed by atoms with van der Waals surface area (Å²) < 4.78 is 11.8. The van der Waals surface area contributed by atoms with Gasteiger partial charge >= 0.3 is 5.97 Å². The minimum atomic E-state index is -0.615. The Kier molecular flexibility index (Phi) is 4.18. The monoisotopic (exact) mass is 320 g/mol. The third-order valence-corrected chi connectivity index (χ3v) is 5.90. The van der Waals surface area contributed by atoms with Crippen molar-refractivity contribution in [2.75, 3.05) is 6.61 Å². The molecule has 23 heavy (non-hydrogen) atoms. The molecule has 0 aromatic heterocycles. The van der Waals surface area contributed by atoms with Crippen LogP contribution in [-0.2, 0) is 14.3 Å². The minimum Gasteiger partial charge on any atom is -0.458 e. The van der Waals surface area contributed by atoms with Crippen molar-refractivity contribution in [3.05, 3.63) is 24.3 Å². The Labute approximate surface area is 138 Å². The van der Waals surface area contributed by atoms with Gasteiger partial charge < -0.3 is 14.6 Å². The van der Waals surface area contributed by atoms with Gasteiger partial charge in [0.1, 0.15) is 6.10 Å². The second kappa shape index (κ2) is 5.75. The van der Waals surface area contributed by atoms with Crippen LogP contribution in [0.4, 0.5) is 0 Å². The molecular weight excluding hydrogens is 292 g/mol. The number of hydrogen-bond donors (Lipinski definition) is 1. The first-order valence-corrected chi connectivity index (χ1v) is 8.62. The summed E-state index contributed by atoms with van der Waals surface area (Å²) in [5.74, 6) is -0.181. The first-order valence-electron chi connectivity index (χ1n) is 8.62. The lowest BCUT2D eigenvalue weighted by Crippen LogP contribution is -2.58. The molecule has 0 spiro atoms. The zero-order valence-electron chi connectivity index (χ0n) is 14.4. The molecule has 0 radical (unpaired) electrons. The van der Waals surface area contributed by atoms with E-state index in [0.29, 0.717) is 24.5 Å². The van der Waals surface area contributed by atoms with E-state index < -0.39 is 6.10 Å². The second-order valence-corrected chi connectivity index (χ2v) is 8.09. The quantitative estimate of drug-likeness (QED) is 0.493. The van der Waals surface area contributed by atoms with Crippen LogP contribution in [0.25, 0.3) is 0 Å². The first kappa shape index (κ1) is 16.7. The van der Waals surface area contributed by atoms with Crippen LogP contribution < -0.4 is 0 Å². The molecule has 3 aliphatic rings. The van der Waals surface area contributed by atoms with Crippen molar-refractivity contribution in [1.82, 2.24) is 0 Å². The number of fused-ring (bicyclic) bond motifs is 3. The zero-order chi connectivity index (χ0) is 16.9. The number of esters is 1. The maximum absolute atomic E-state index is 12.0. The summed E-state index contributed by atoms with van der Waals surface area (Å²) in [7, 11) is 0. The Morgan fingerprint density at radius 2 is 2.13 bits per heavy atom. The molecular formula is C19H28O4. The molecule has 0 amide bonds. The number of hydrogen-bond acceptors (Lipinski definition) is 4. The maximum atomic E-state index is 12.0. The molecule has 128 valence electrons. The van der Waals surface area contributed by atoms with E-state index in [0.717, 1.165) is 18.4 Å². The number of carbonyl (C=O) groups excluding carboxylic acids is 1. The summed E-state index contributed by atoms with van der Waals surface area (Å²) in [5.41, 5.74) is 1.26. The van der Waals surface area contributed by atoms with Gasteiger partial charge in [-0.05, 0) is 25.2 Å². The van der Waals surface area contributed by atoms with Crippen molar-refractivity contribution in [2.24, 2.45) is 23.2 Å². The highest BCUT2D eigenvalue weighted by molar-refractivity contribution is 5.91. The molecule has 4 heteroatoms. The summed E-state index contributed by atoms with van der Waals surface area (Å²) in [6, 6.07) is 0. The van der Waals surface area contributed by atoms with E-state index >= 15 is 0 Å². The fraction of sp³-hybridized carbons (Fsp3) is 0.737. The highest BCUT2D eigenvalue weighted by Crippen LogP contribution is 2.58. The lowest BCUT2D eigenvalue weighted by Gasteiger charge is -2.55. The SMILES string of the molecule is C=C1C(=O)O[C@H]2[C@H]1[C@@H](O)C[C@@]1(C)[C@@H](OCC(C)C)CCC(=C)[C@H]21. The molecule has 2 saturated carbocycles. The van der Waals surface area contributed by atoms with Gasteiger partial charge in [-0.2, -0.15) is 0 Å². The fourth-order valence-electron chi connectivity index (χ4n) is 4.83. The average Bonchev–Trinajstić information content (AvgIpc) is 2.73. The van der Waals surface area contributed by atoms with E-state index in [1.54, 1.807) is 0 Å². The number of aliphatic hydroxyl groups is 1. The maximum Gasteiger partial charge on any atom is 0.334 e. The molecule has 6 atom stereocenters. The van der Waals surface area contributed by atoms with Crippen LogP contribution in [-0.4, -0.2) is 36.0 Å². The van der Waals surface area contributed by atoms with Crippen molar-refractivity contribution < 1.29 is 19.4 Å². The normalized spacial score (nSPS) is 43.3. The van der Waals surface area contributed by atoms with Crippen LogP contribution in [0.5, 0.6) is 0 Å². The number of carbonyl (C=O) groups is 1. The van der Waals surface area contributed by atoms with Crippen molar-refractivity contribution in [2.45, 2.75) is 58.3 Å². The van der Waals surface area contributed by atoms with Crippen LogP contribution in [0.1, 0.15) is 40.0 Å². The Morgan fingerprint density at radius 3 is 2.78 bits per heavy atom. The van der Waals surface area contributed by atoms with Crippen LogP contribution in [0.2, 0.25) is 0 Å². The predicted molar refractivity (Wildman–Crippen MR) is 87.7 cm³/mol. The van der Waals surface area contributed by atoms with E-state index in [2.05, 4.69) is 33.9 Å². The van der Waals surface area contributed by atoms with Gasteiger partial charge in [-0.1, -0.05) is 39.5 Å². The number of rotatable bonds is 3. The molecule has 1 heterocycles.